The molecule has 236 valence electrons. The van der Waals surface area contributed by atoms with Crippen LogP contribution in [0.4, 0.5) is 0 Å². The van der Waals surface area contributed by atoms with E-state index in [9.17, 15) is 9.59 Å². The zero-order valence-corrected chi connectivity index (χ0v) is 27.1. The molecule has 8 heteroatoms. The number of carbonyl (C=O) groups is 2. The molecule has 2 rings (SSSR count). The van der Waals surface area contributed by atoms with Crippen LogP contribution in [0, 0.1) is 0 Å². The van der Waals surface area contributed by atoms with E-state index in [0.717, 1.165) is 49.7 Å². The van der Waals surface area contributed by atoms with Crippen molar-refractivity contribution in [1.82, 2.24) is 0 Å². The molecule has 0 heterocycles. The highest BCUT2D eigenvalue weighted by molar-refractivity contribution is 5.79. The summed E-state index contributed by atoms with van der Waals surface area (Å²) < 4.78 is 32.0. The summed E-state index contributed by atoms with van der Waals surface area (Å²) in [5.41, 5.74) is 1.84. The first kappa shape index (κ1) is 36.6. The van der Waals surface area contributed by atoms with Crippen LogP contribution in [0.15, 0.2) is 24.3 Å². The third-order valence-electron chi connectivity index (χ3n) is 7.06. The summed E-state index contributed by atoms with van der Waals surface area (Å²) in [6.45, 7) is 4.27. The number of methoxy groups -OCH3 is 6. The van der Waals surface area contributed by atoms with Crippen LogP contribution in [0.3, 0.4) is 0 Å². The van der Waals surface area contributed by atoms with Gasteiger partial charge in [0.2, 0.25) is 0 Å². The predicted octanol–water partition coefficient (Wildman–Crippen LogP) is 7.59. The monoisotopic (exact) mass is 588 g/mol. The molecule has 0 bridgehead atoms. The highest BCUT2D eigenvalue weighted by Crippen LogP contribution is 2.36. The molecule has 0 aliphatic carbocycles. The molecule has 8 nitrogen and oxygen atoms in total. The van der Waals surface area contributed by atoms with Crippen LogP contribution in [0.5, 0.6) is 34.5 Å². The van der Waals surface area contributed by atoms with Gasteiger partial charge in [0.25, 0.3) is 0 Å². The molecule has 2 aromatic carbocycles. The number of unbranched alkanes of at least 4 members (excludes halogenated alkanes) is 4. The molecule has 0 N–H and O–H groups in total. The molecule has 0 spiro atoms. The average molecular weight is 589 g/mol. The second kappa shape index (κ2) is 21.3. The Hall–Kier alpha value is -3.42. The van der Waals surface area contributed by atoms with E-state index < -0.39 is 0 Å². The Bertz CT molecular complexity index is 944. The van der Waals surface area contributed by atoms with Gasteiger partial charge in [-0.1, -0.05) is 39.5 Å². The first-order chi connectivity index (χ1) is 20.3. The van der Waals surface area contributed by atoms with Gasteiger partial charge in [0.05, 0.1) is 42.7 Å². The van der Waals surface area contributed by atoms with Crippen LogP contribution in [0.25, 0.3) is 0 Å². The van der Waals surface area contributed by atoms with E-state index in [1.807, 2.05) is 24.3 Å². The molecular weight excluding hydrogens is 536 g/mol. The van der Waals surface area contributed by atoms with Crippen LogP contribution in [-0.2, 0) is 22.4 Å². The molecule has 0 radical (unpaired) electrons. The lowest BCUT2D eigenvalue weighted by molar-refractivity contribution is -0.120. The molecule has 0 amide bonds. The van der Waals surface area contributed by atoms with Gasteiger partial charge < -0.3 is 28.4 Å². The van der Waals surface area contributed by atoms with Crippen LogP contribution < -0.4 is 28.4 Å². The molecule has 2 aromatic rings. The number of hydrogen-bond acceptors (Lipinski definition) is 8. The normalized spacial score (nSPS) is 10.3. The van der Waals surface area contributed by atoms with Gasteiger partial charge in [0.1, 0.15) is 46.1 Å². The number of hydrogen-bond donors (Lipinski definition) is 0. The number of carbonyl (C=O) groups excluding carboxylic acids is 2. The van der Waals surface area contributed by atoms with Gasteiger partial charge in [0, 0.05) is 61.1 Å². The summed E-state index contributed by atoms with van der Waals surface area (Å²) >= 11 is 0. The van der Waals surface area contributed by atoms with Gasteiger partial charge in [-0.05, 0) is 25.7 Å². The maximum absolute atomic E-state index is 11.9. The van der Waals surface area contributed by atoms with Gasteiger partial charge in [0.15, 0.2) is 0 Å². The Morgan fingerprint density at radius 3 is 1.02 bits per heavy atom. The van der Waals surface area contributed by atoms with E-state index in [1.165, 1.54) is 0 Å². The van der Waals surface area contributed by atoms with Crippen molar-refractivity contribution in [2.45, 2.75) is 90.9 Å². The maximum atomic E-state index is 11.9. The van der Waals surface area contributed by atoms with E-state index in [1.54, 1.807) is 42.7 Å². The standard InChI is InChI=1S/2C17H26O4/c2*1-5-6-7-8-13(18)9-10-15-16(20-3)11-14(19-2)12-17(15)21-4/h2*11-12H,5-10H2,1-4H3. The summed E-state index contributed by atoms with van der Waals surface area (Å²) in [5.74, 6) is 4.76. The van der Waals surface area contributed by atoms with Crippen molar-refractivity contribution in [3.8, 4) is 34.5 Å². The van der Waals surface area contributed by atoms with Crippen LogP contribution in [-0.4, -0.2) is 54.2 Å². The number of ketones is 2. The fraction of sp³-hybridized carbons (Fsp3) is 0.588. The molecule has 0 aliphatic rings. The Morgan fingerprint density at radius 2 is 0.786 bits per heavy atom. The second-order valence-electron chi connectivity index (χ2n) is 10.0. The Kier molecular flexibility index (Phi) is 18.6. The van der Waals surface area contributed by atoms with Crippen molar-refractivity contribution < 1.29 is 38.0 Å². The van der Waals surface area contributed by atoms with Crippen LogP contribution >= 0.6 is 0 Å². The minimum atomic E-state index is 0.295. The molecule has 0 unspecified atom stereocenters. The molecule has 0 saturated carbocycles. The lowest BCUT2D eigenvalue weighted by atomic mass is 10.0. The van der Waals surface area contributed by atoms with Gasteiger partial charge in [-0.15, -0.1) is 0 Å². The maximum Gasteiger partial charge on any atom is 0.133 e. The number of rotatable bonds is 20. The van der Waals surface area contributed by atoms with Gasteiger partial charge in [-0.2, -0.15) is 0 Å². The highest BCUT2D eigenvalue weighted by atomic mass is 16.5. The number of ether oxygens (including phenoxy) is 6. The van der Waals surface area contributed by atoms with Gasteiger partial charge in [-0.3, -0.25) is 9.59 Å². The second-order valence-corrected chi connectivity index (χ2v) is 10.0. The zero-order chi connectivity index (χ0) is 31.3. The van der Waals surface area contributed by atoms with Crippen LogP contribution in [0.2, 0.25) is 0 Å². The topological polar surface area (TPSA) is 89.5 Å². The average Bonchev–Trinajstić information content (AvgIpc) is 3.02. The minimum absolute atomic E-state index is 0.295. The quantitative estimate of drug-likeness (QED) is 0.146. The van der Waals surface area contributed by atoms with E-state index in [2.05, 4.69) is 13.8 Å². The Morgan fingerprint density at radius 1 is 0.476 bits per heavy atom. The van der Waals surface area contributed by atoms with E-state index in [0.29, 0.717) is 84.6 Å². The summed E-state index contributed by atoms with van der Waals surface area (Å²) in [4.78, 5) is 23.8. The van der Waals surface area contributed by atoms with E-state index in [-0.39, 0.29) is 0 Å². The lowest BCUT2D eigenvalue weighted by Crippen LogP contribution is -2.03. The largest absolute Gasteiger partial charge is 0.496 e. The molecular formula is C34H52O8. The fourth-order valence-corrected chi connectivity index (χ4v) is 4.57. The first-order valence-electron chi connectivity index (χ1n) is 14.9. The first-order valence-corrected chi connectivity index (χ1v) is 14.9. The SMILES string of the molecule is CCCCCC(=O)CCc1c(OC)cc(OC)cc1OC.CCCCCC(=O)CCc1c(OC)cc(OC)cc1OC. The van der Waals surface area contributed by atoms with Crippen LogP contribution in [0.1, 0.15) is 89.2 Å². The van der Waals surface area contributed by atoms with Crippen molar-refractivity contribution >= 4 is 11.6 Å². The molecule has 42 heavy (non-hydrogen) atoms. The predicted molar refractivity (Wildman–Crippen MR) is 167 cm³/mol. The molecule has 0 aromatic heterocycles. The molecule has 0 aliphatic heterocycles. The lowest BCUT2D eigenvalue weighted by Gasteiger charge is -2.14. The van der Waals surface area contributed by atoms with Crippen molar-refractivity contribution in [2.75, 3.05) is 42.7 Å². The zero-order valence-electron chi connectivity index (χ0n) is 27.1. The fourth-order valence-electron chi connectivity index (χ4n) is 4.57. The van der Waals surface area contributed by atoms with E-state index >= 15 is 0 Å². The molecule has 0 saturated heterocycles. The van der Waals surface area contributed by atoms with Gasteiger partial charge >= 0.3 is 0 Å². The summed E-state index contributed by atoms with van der Waals surface area (Å²) in [7, 11) is 9.65. The molecule has 0 atom stereocenters. The summed E-state index contributed by atoms with van der Waals surface area (Å²) in [5, 5.41) is 0. The van der Waals surface area contributed by atoms with Crippen molar-refractivity contribution in [3.63, 3.8) is 0 Å². The summed E-state index contributed by atoms with van der Waals surface area (Å²) in [6, 6.07) is 7.28. The van der Waals surface area contributed by atoms with Gasteiger partial charge in [-0.25, -0.2) is 0 Å². The molecule has 0 fully saturated rings. The van der Waals surface area contributed by atoms with E-state index in [4.69, 9.17) is 28.4 Å². The number of Topliss-reactive ketones (excluding diaryl/α,β-unsaturated/α-hetero) is 2. The Balaban J connectivity index is 0.000000420. The third-order valence-corrected chi connectivity index (χ3v) is 7.06. The summed E-state index contributed by atoms with van der Waals surface area (Å²) in [6.07, 6.45) is 10.1. The smallest absolute Gasteiger partial charge is 0.133 e. The minimum Gasteiger partial charge on any atom is -0.496 e. The van der Waals surface area contributed by atoms with Crippen molar-refractivity contribution in [3.05, 3.63) is 35.4 Å². The van der Waals surface area contributed by atoms with Crippen molar-refractivity contribution in [2.24, 2.45) is 0 Å². The van der Waals surface area contributed by atoms with Crippen molar-refractivity contribution in [1.29, 1.82) is 0 Å². The third kappa shape index (κ3) is 12.6. The number of benzene rings is 2. The Labute approximate surface area is 253 Å². The highest BCUT2D eigenvalue weighted by Gasteiger charge is 2.16.